The number of anilines is 2. The van der Waals surface area contributed by atoms with Gasteiger partial charge in [-0.1, -0.05) is 41.9 Å². The van der Waals surface area contributed by atoms with Crippen molar-refractivity contribution in [2.24, 2.45) is 0 Å². The Balaban J connectivity index is 1.52. The second kappa shape index (κ2) is 7.42. The molecule has 0 amide bonds. The topological polar surface area (TPSA) is 42.7 Å². The Labute approximate surface area is 157 Å². The molecule has 4 aromatic rings. The SMILES string of the molecule is Clc1ccc(Nc2ccc(-c3nccn3Cc3ccccc3)cn2)cc1. The number of benzene rings is 2. The fourth-order valence-corrected chi connectivity index (χ4v) is 2.88. The van der Waals surface area contributed by atoms with Crippen LogP contribution in [0.25, 0.3) is 11.4 Å². The van der Waals surface area contributed by atoms with E-state index in [1.807, 2.05) is 73.2 Å². The van der Waals surface area contributed by atoms with Gasteiger partial charge < -0.3 is 9.88 Å². The number of hydrogen-bond donors (Lipinski definition) is 1. The van der Waals surface area contributed by atoms with Gasteiger partial charge in [-0.25, -0.2) is 9.97 Å². The van der Waals surface area contributed by atoms with Crippen molar-refractivity contribution in [1.29, 1.82) is 0 Å². The van der Waals surface area contributed by atoms with E-state index in [1.54, 1.807) is 0 Å². The third-order valence-corrected chi connectivity index (χ3v) is 4.30. The van der Waals surface area contributed by atoms with Crippen molar-refractivity contribution in [3.8, 4) is 11.4 Å². The Hall–Kier alpha value is -3.11. The number of hydrogen-bond acceptors (Lipinski definition) is 3. The Kier molecular flexibility index (Phi) is 4.67. The lowest BCUT2D eigenvalue weighted by Gasteiger charge is -2.09. The van der Waals surface area contributed by atoms with E-state index in [4.69, 9.17) is 11.6 Å². The van der Waals surface area contributed by atoms with Gasteiger partial charge in [-0.05, 0) is 42.0 Å². The van der Waals surface area contributed by atoms with Gasteiger partial charge in [-0.2, -0.15) is 0 Å². The van der Waals surface area contributed by atoms with Crippen molar-refractivity contribution >= 4 is 23.1 Å². The first kappa shape index (κ1) is 16.4. The molecule has 5 heteroatoms. The minimum atomic E-state index is 0.712. The zero-order valence-electron chi connectivity index (χ0n) is 14.0. The molecule has 0 aliphatic heterocycles. The molecule has 26 heavy (non-hydrogen) atoms. The summed E-state index contributed by atoms with van der Waals surface area (Å²) in [5.41, 5.74) is 3.16. The predicted octanol–water partition coefficient (Wildman–Crippen LogP) is 5.39. The van der Waals surface area contributed by atoms with Crippen LogP contribution in [0.4, 0.5) is 11.5 Å². The third-order valence-electron chi connectivity index (χ3n) is 4.05. The highest BCUT2D eigenvalue weighted by Crippen LogP contribution is 2.22. The molecule has 0 aliphatic carbocycles. The monoisotopic (exact) mass is 360 g/mol. The molecular weight excluding hydrogens is 344 g/mol. The molecule has 4 nitrogen and oxygen atoms in total. The van der Waals surface area contributed by atoms with Gasteiger partial charge in [0.1, 0.15) is 11.6 Å². The number of pyridine rings is 1. The van der Waals surface area contributed by atoms with Crippen LogP contribution in [0, 0.1) is 0 Å². The largest absolute Gasteiger partial charge is 0.340 e. The van der Waals surface area contributed by atoms with Crippen LogP contribution < -0.4 is 5.32 Å². The van der Waals surface area contributed by atoms with Gasteiger partial charge in [0, 0.05) is 41.4 Å². The van der Waals surface area contributed by atoms with E-state index in [0.29, 0.717) is 5.02 Å². The minimum absolute atomic E-state index is 0.712. The number of imidazole rings is 1. The fraction of sp³-hybridized carbons (Fsp3) is 0.0476. The van der Waals surface area contributed by atoms with Gasteiger partial charge in [0.15, 0.2) is 0 Å². The van der Waals surface area contributed by atoms with E-state index < -0.39 is 0 Å². The molecule has 0 spiro atoms. The van der Waals surface area contributed by atoms with E-state index in [-0.39, 0.29) is 0 Å². The zero-order chi connectivity index (χ0) is 17.8. The number of aromatic nitrogens is 3. The van der Waals surface area contributed by atoms with Gasteiger partial charge in [-0.15, -0.1) is 0 Å². The molecule has 1 N–H and O–H groups in total. The number of rotatable bonds is 5. The highest BCUT2D eigenvalue weighted by atomic mass is 35.5. The summed E-state index contributed by atoms with van der Waals surface area (Å²) < 4.78 is 2.12. The summed E-state index contributed by atoms with van der Waals surface area (Å²) in [5.74, 6) is 1.68. The molecule has 2 aromatic heterocycles. The molecule has 2 heterocycles. The molecule has 0 fully saturated rings. The van der Waals surface area contributed by atoms with Crippen molar-refractivity contribution in [2.45, 2.75) is 6.54 Å². The molecule has 0 unspecified atom stereocenters. The van der Waals surface area contributed by atoms with Crippen LogP contribution in [-0.2, 0) is 6.54 Å². The summed E-state index contributed by atoms with van der Waals surface area (Å²) in [6.07, 6.45) is 5.64. The van der Waals surface area contributed by atoms with Crippen LogP contribution in [0.5, 0.6) is 0 Å². The van der Waals surface area contributed by atoms with Crippen LogP contribution in [0.15, 0.2) is 85.3 Å². The van der Waals surface area contributed by atoms with Crippen molar-refractivity contribution in [2.75, 3.05) is 5.32 Å². The number of nitrogens with zero attached hydrogens (tertiary/aromatic N) is 3. The molecular formula is C21H17ClN4. The van der Waals surface area contributed by atoms with Crippen molar-refractivity contribution in [3.63, 3.8) is 0 Å². The van der Waals surface area contributed by atoms with Crippen LogP contribution in [0.1, 0.15) is 5.56 Å². The van der Waals surface area contributed by atoms with E-state index in [9.17, 15) is 0 Å². The summed E-state index contributed by atoms with van der Waals surface area (Å²) in [6.45, 7) is 0.779. The minimum Gasteiger partial charge on any atom is -0.340 e. The van der Waals surface area contributed by atoms with Gasteiger partial charge in [0.2, 0.25) is 0 Å². The predicted molar refractivity (Wildman–Crippen MR) is 106 cm³/mol. The van der Waals surface area contributed by atoms with Gasteiger partial charge >= 0.3 is 0 Å². The van der Waals surface area contributed by atoms with Crippen LogP contribution in [0.2, 0.25) is 5.02 Å². The molecule has 2 aromatic carbocycles. The van der Waals surface area contributed by atoms with Crippen LogP contribution in [-0.4, -0.2) is 14.5 Å². The maximum atomic E-state index is 5.91. The second-order valence-corrected chi connectivity index (χ2v) is 6.36. The van der Waals surface area contributed by atoms with Crippen molar-refractivity contribution < 1.29 is 0 Å². The summed E-state index contributed by atoms with van der Waals surface area (Å²) in [6, 6.07) is 21.8. The smallest absolute Gasteiger partial charge is 0.141 e. The maximum Gasteiger partial charge on any atom is 0.141 e. The van der Waals surface area contributed by atoms with Crippen molar-refractivity contribution in [1.82, 2.24) is 14.5 Å². The summed E-state index contributed by atoms with van der Waals surface area (Å²) in [4.78, 5) is 9.00. The molecule has 4 rings (SSSR count). The van der Waals surface area contributed by atoms with E-state index in [2.05, 4.69) is 32.0 Å². The molecule has 0 saturated carbocycles. The standard InChI is InChI=1S/C21H17ClN4/c22-18-7-9-19(10-8-18)25-20-11-6-17(14-24-20)21-23-12-13-26(21)15-16-4-2-1-3-5-16/h1-14H,15H2,(H,24,25). The lowest BCUT2D eigenvalue weighted by atomic mass is 10.2. The van der Waals surface area contributed by atoms with Gasteiger partial charge in [-0.3, -0.25) is 0 Å². The molecule has 0 radical (unpaired) electrons. The van der Waals surface area contributed by atoms with Crippen molar-refractivity contribution in [3.05, 3.63) is 95.9 Å². The zero-order valence-corrected chi connectivity index (χ0v) is 14.8. The lowest BCUT2D eigenvalue weighted by Crippen LogP contribution is -2.01. The first-order chi connectivity index (χ1) is 12.8. The van der Waals surface area contributed by atoms with E-state index in [0.717, 1.165) is 29.4 Å². The second-order valence-electron chi connectivity index (χ2n) is 5.93. The van der Waals surface area contributed by atoms with E-state index in [1.165, 1.54) is 5.56 Å². The Morgan fingerprint density at radius 1 is 0.885 bits per heavy atom. The Morgan fingerprint density at radius 2 is 1.69 bits per heavy atom. The normalized spacial score (nSPS) is 10.7. The average molecular weight is 361 g/mol. The molecule has 128 valence electrons. The molecule has 0 bridgehead atoms. The van der Waals surface area contributed by atoms with Gasteiger partial charge in [0.25, 0.3) is 0 Å². The first-order valence-electron chi connectivity index (χ1n) is 8.32. The Morgan fingerprint density at radius 3 is 2.42 bits per heavy atom. The molecule has 0 saturated heterocycles. The van der Waals surface area contributed by atoms with Crippen LogP contribution >= 0.6 is 11.6 Å². The molecule has 0 atom stereocenters. The van der Waals surface area contributed by atoms with E-state index >= 15 is 0 Å². The third kappa shape index (κ3) is 3.76. The lowest BCUT2D eigenvalue weighted by molar-refractivity contribution is 0.806. The maximum absolute atomic E-state index is 5.91. The highest BCUT2D eigenvalue weighted by molar-refractivity contribution is 6.30. The summed E-state index contributed by atoms with van der Waals surface area (Å²) in [5, 5.41) is 3.97. The quantitative estimate of drug-likeness (QED) is 0.518. The highest BCUT2D eigenvalue weighted by Gasteiger charge is 2.07. The fourth-order valence-electron chi connectivity index (χ4n) is 2.76. The Bertz CT molecular complexity index is 977. The van der Waals surface area contributed by atoms with Crippen LogP contribution in [0.3, 0.4) is 0 Å². The first-order valence-corrected chi connectivity index (χ1v) is 8.70. The number of nitrogens with one attached hydrogen (secondary N) is 1. The summed E-state index contributed by atoms with van der Waals surface area (Å²) in [7, 11) is 0. The number of halogens is 1. The molecule has 0 aliphatic rings. The van der Waals surface area contributed by atoms with Gasteiger partial charge in [0.05, 0.1) is 0 Å². The average Bonchev–Trinajstić information content (AvgIpc) is 3.13. The summed E-state index contributed by atoms with van der Waals surface area (Å²) >= 11 is 5.91.